The maximum absolute atomic E-state index is 11.9. The number of hydrogen-bond donors (Lipinski definition) is 0. The molecule has 0 aliphatic carbocycles. The van der Waals surface area contributed by atoms with Gasteiger partial charge in [0.25, 0.3) is 0 Å². The predicted molar refractivity (Wildman–Crippen MR) is 84.3 cm³/mol. The zero-order valence-corrected chi connectivity index (χ0v) is 13.4. The van der Waals surface area contributed by atoms with Gasteiger partial charge >= 0.3 is 6.09 Å². The first kappa shape index (κ1) is 18.5. The average molecular weight is 318 g/mol. The Labute approximate surface area is 136 Å². The molecule has 2 radical (unpaired) electrons. The van der Waals surface area contributed by atoms with Gasteiger partial charge in [-0.3, -0.25) is 9.59 Å². The Morgan fingerprint density at radius 1 is 1.04 bits per heavy atom. The molecule has 0 heterocycles. The van der Waals surface area contributed by atoms with Crippen molar-refractivity contribution >= 4 is 25.7 Å². The summed E-state index contributed by atoms with van der Waals surface area (Å²) < 4.78 is 9.85. The Balaban J connectivity index is 2.46. The van der Waals surface area contributed by atoms with Gasteiger partial charge in [-0.05, 0) is 17.7 Å². The fourth-order valence-electron chi connectivity index (χ4n) is 1.54. The number of carbonyl (C=O) groups excluding carboxylic acids is 3. The van der Waals surface area contributed by atoms with E-state index in [0.717, 1.165) is 5.56 Å². The van der Waals surface area contributed by atoms with Gasteiger partial charge in [-0.15, -0.1) is 0 Å². The number of carbonyl (C=O) groups is 3. The number of rotatable bonds is 6. The first-order valence-electron chi connectivity index (χ1n) is 6.95. The molecule has 0 aliphatic rings. The Hall–Kier alpha value is -2.51. The lowest BCUT2D eigenvalue weighted by molar-refractivity contribution is -0.127. The van der Waals surface area contributed by atoms with Crippen LogP contribution in [0, 0.1) is 0 Å². The average Bonchev–Trinajstić information content (AvgIpc) is 2.51. The normalized spacial score (nSPS) is 9.87. The maximum atomic E-state index is 11.9. The number of nitrogens with zero attached hydrogens (tertiary/aromatic N) is 2. The first-order valence-corrected chi connectivity index (χ1v) is 6.95. The molecule has 1 aromatic rings. The molecule has 0 fully saturated rings. The zero-order chi connectivity index (χ0) is 17.4. The highest BCUT2D eigenvalue weighted by molar-refractivity contribution is 6.55. The number of ether oxygens (including phenoxy) is 2. The molecule has 0 bridgehead atoms. The van der Waals surface area contributed by atoms with Crippen LogP contribution in [0.4, 0.5) is 9.59 Å². The molecule has 0 N–H and O–H groups in total. The largest absolute Gasteiger partial charge is 0.470 e. The van der Waals surface area contributed by atoms with E-state index in [1.54, 1.807) is 38.4 Å². The van der Waals surface area contributed by atoms with Gasteiger partial charge in [-0.25, -0.2) is 4.79 Å². The highest BCUT2D eigenvalue weighted by Gasteiger charge is 2.12. The van der Waals surface area contributed by atoms with Crippen LogP contribution in [0.2, 0.25) is 0 Å². The van der Waals surface area contributed by atoms with Crippen molar-refractivity contribution in [3.63, 3.8) is 0 Å². The Morgan fingerprint density at radius 2 is 1.61 bits per heavy atom. The van der Waals surface area contributed by atoms with Gasteiger partial charge in [-0.1, -0.05) is 12.1 Å². The van der Waals surface area contributed by atoms with Crippen LogP contribution in [-0.2, 0) is 16.1 Å². The van der Waals surface area contributed by atoms with E-state index in [1.807, 2.05) is 0 Å². The smallest absolute Gasteiger partial charge is 0.415 e. The molecular formula is C15H19BN2O5. The van der Waals surface area contributed by atoms with Crippen molar-refractivity contribution < 1.29 is 23.9 Å². The highest BCUT2D eigenvalue weighted by atomic mass is 16.6. The third kappa shape index (κ3) is 6.86. The van der Waals surface area contributed by atoms with Crippen LogP contribution in [0.5, 0.6) is 5.75 Å². The molecule has 1 aromatic carbocycles. The fourth-order valence-corrected chi connectivity index (χ4v) is 1.54. The third-order valence-electron chi connectivity index (χ3n) is 3.13. The molecule has 0 spiro atoms. The molecule has 0 unspecified atom stereocenters. The minimum atomic E-state index is -0.849. The van der Waals surface area contributed by atoms with Crippen molar-refractivity contribution in [3.05, 3.63) is 29.8 Å². The summed E-state index contributed by atoms with van der Waals surface area (Å²) in [4.78, 5) is 36.4. The molecule has 23 heavy (non-hydrogen) atoms. The van der Waals surface area contributed by atoms with Crippen LogP contribution in [-0.4, -0.2) is 62.7 Å². The SMILES string of the molecule is [B]C(=O)OCc1ccc(OC(=O)N(C)CCN(C)C(C)=O)cc1. The van der Waals surface area contributed by atoms with Gasteiger partial charge < -0.3 is 19.3 Å². The molecule has 8 heteroatoms. The molecule has 2 amide bonds. The van der Waals surface area contributed by atoms with Crippen LogP contribution in [0.15, 0.2) is 24.3 Å². The summed E-state index contributed by atoms with van der Waals surface area (Å²) in [6, 6.07) is 6.50. The van der Waals surface area contributed by atoms with Crippen molar-refractivity contribution in [2.45, 2.75) is 13.5 Å². The second-order valence-electron chi connectivity index (χ2n) is 4.98. The van der Waals surface area contributed by atoms with Crippen molar-refractivity contribution in [2.75, 3.05) is 27.2 Å². The van der Waals surface area contributed by atoms with Crippen LogP contribution in [0.3, 0.4) is 0 Å². The van der Waals surface area contributed by atoms with E-state index in [0.29, 0.717) is 18.8 Å². The zero-order valence-electron chi connectivity index (χ0n) is 13.4. The van der Waals surface area contributed by atoms with Crippen molar-refractivity contribution in [3.8, 4) is 5.75 Å². The minimum absolute atomic E-state index is 0.0564. The minimum Gasteiger partial charge on any atom is -0.470 e. The van der Waals surface area contributed by atoms with Gasteiger partial charge in [0.05, 0.1) is 0 Å². The van der Waals surface area contributed by atoms with Crippen LogP contribution >= 0.6 is 0 Å². The Morgan fingerprint density at radius 3 is 2.13 bits per heavy atom. The molecule has 1 rings (SSSR count). The standard InChI is InChI=1S/C15H19BN2O5/c1-11(19)17(2)8-9-18(3)15(21)23-13-6-4-12(5-7-13)10-22-14(16)20/h4-7H,8-10H2,1-3H3. The van der Waals surface area contributed by atoms with Gasteiger partial charge in [-0.2, -0.15) is 0 Å². The van der Waals surface area contributed by atoms with E-state index in [4.69, 9.17) is 12.6 Å². The van der Waals surface area contributed by atoms with Gasteiger partial charge in [0.15, 0.2) is 0 Å². The molecule has 0 saturated heterocycles. The van der Waals surface area contributed by atoms with E-state index < -0.39 is 12.0 Å². The number of hydrogen-bond acceptors (Lipinski definition) is 5. The predicted octanol–water partition coefficient (Wildman–Crippen LogP) is 1.40. The lowest BCUT2D eigenvalue weighted by Gasteiger charge is -2.21. The lowest BCUT2D eigenvalue weighted by Crippen LogP contribution is -2.37. The molecule has 122 valence electrons. The van der Waals surface area contributed by atoms with Gasteiger partial charge in [0, 0.05) is 34.1 Å². The number of likely N-dealkylation sites (N-methyl/N-ethyl adjacent to an activating group) is 2. The summed E-state index contributed by atoms with van der Waals surface area (Å²) in [6.07, 6.45) is -0.525. The summed E-state index contributed by atoms with van der Waals surface area (Å²) in [5.74, 6) is -0.553. The summed E-state index contributed by atoms with van der Waals surface area (Å²) >= 11 is 0. The summed E-state index contributed by atoms with van der Waals surface area (Å²) in [5.41, 5.74) is 0.722. The van der Waals surface area contributed by atoms with E-state index >= 15 is 0 Å². The number of amides is 2. The molecule has 0 aromatic heterocycles. The van der Waals surface area contributed by atoms with E-state index in [-0.39, 0.29) is 12.5 Å². The fraction of sp³-hybridized carbons (Fsp3) is 0.400. The Kier molecular flexibility index (Phi) is 7.11. The highest BCUT2D eigenvalue weighted by Crippen LogP contribution is 2.14. The quantitative estimate of drug-likeness (QED) is 0.741. The van der Waals surface area contributed by atoms with E-state index in [9.17, 15) is 14.4 Å². The molecule has 7 nitrogen and oxygen atoms in total. The lowest BCUT2D eigenvalue weighted by atomic mass is 10.2. The Bertz CT molecular complexity index is 561. The monoisotopic (exact) mass is 318 g/mol. The van der Waals surface area contributed by atoms with Crippen molar-refractivity contribution in [1.29, 1.82) is 0 Å². The third-order valence-corrected chi connectivity index (χ3v) is 3.13. The molecule has 0 atom stereocenters. The molecular weight excluding hydrogens is 299 g/mol. The summed E-state index contributed by atoms with van der Waals surface area (Å²) in [6.45, 7) is 2.30. The van der Waals surface area contributed by atoms with Gasteiger partial charge in [0.2, 0.25) is 19.6 Å². The number of benzene rings is 1. The second kappa shape index (κ2) is 8.82. The van der Waals surface area contributed by atoms with Crippen molar-refractivity contribution in [1.82, 2.24) is 9.80 Å². The summed E-state index contributed by atoms with van der Waals surface area (Å²) in [7, 11) is 8.13. The van der Waals surface area contributed by atoms with E-state index in [1.165, 1.54) is 16.7 Å². The van der Waals surface area contributed by atoms with Crippen molar-refractivity contribution in [2.24, 2.45) is 0 Å². The second-order valence-corrected chi connectivity index (χ2v) is 4.98. The topological polar surface area (TPSA) is 76.2 Å². The summed E-state index contributed by atoms with van der Waals surface area (Å²) in [5, 5.41) is 0. The van der Waals surface area contributed by atoms with Gasteiger partial charge in [0.1, 0.15) is 12.4 Å². The van der Waals surface area contributed by atoms with Crippen LogP contribution < -0.4 is 4.74 Å². The van der Waals surface area contributed by atoms with E-state index in [2.05, 4.69) is 4.74 Å². The molecule has 0 aliphatic heterocycles. The first-order chi connectivity index (χ1) is 10.8. The molecule has 0 saturated carbocycles. The maximum Gasteiger partial charge on any atom is 0.415 e. The van der Waals surface area contributed by atoms with Crippen LogP contribution in [0.1, 0.15) is 12.5 Å². The van der Waals surface area contributed by atoms with Crippen LogP contribution in [0.25, 0.3) is 0 Å².